The first-order valence-corrected chi connectivity index (χ1v) is 12.6. The van der Waals surface area contributed by atoms with Gasteiger partial charge in [-0.15, -0.1) is 0 Å². The summed E-state index contributed by atoms with van der Waals surface area (Å²) < 4.78 is 5.85. The lowest BCUT2D eigenvalue weighted by molar-refractivity contribution is 0.163. The fourth-order valence-electron chi connectivity index (χ4n) is 5.48. The van der Waals surface area contributed by atoms with Gasteiger partial charge in [0, 0.05) is 24.2 Å². The van der Waals surface area contributed by atoms with Crippen molar-refractivity contribution in [2.24, 2.45) is 5.92 Å². The van der Waals surface area contributed by atoms with Gasteiger partial charge in [0.1, 0.15) is 5.75 Å². The summed E-state index contributed by atoms with van der Waals surface area (Å²) in [4.78, 5) is 17.1. The molecule has 1 saturated carbocycles. The first-order valence-electron chi connectivity index (χ1n) is 12.2. The molecule has 1 atom stereocenters. The van der Waals surface area contributed by atoms with Crippen LogP contribution in [-0.2, 0) is 6.42 Å². The lowest BCUT2D eigenvalue weighted by atomic mass is 9.90. The molecule has 1 aromatic carbocycles. The lowest BCUT2D eigenvalue weighted by Gasteiger charge is -2.34. The average molecular weight is 448 g/mol. The highest BCUT2D eigenvalue weighted by atomic mass is 35.5. The van der Waals surface area contributed by atoms with Gasteiger partial charge in [-0.25, -0.2) is 4.79 Å². The Bertz CT molecular complexity index is 742. The number of carbonyl (C=O) groups excluding carboxylic acids is 1. The molecular formula is C25H38ClN3O2. The van der Waals surface area contributed by atoms with E-state index < -0.39 is 0 Å². The average Bonchev–Trinajstić information content (AvgIpc) is 3.12. The Morgan fingerprint density at radius 3 is 2.58 bits per heavy atom. The first-order chi connectivity index (χ1) is 15.0. The van der Waals surface area contributed by atoms with E-state index in [1.54, 1.807) is 0 Å². The predicted molar refractivity (Wildman–Crippen MR) is 126 cm³/mol. The van der Waals surface area contributed by atoms with Crippen molar-refractivity contribution in [1.29, 1.82) is 0 Å². The number of rotatable bonds is 7. The van der Waals surface area contributed by atoms with Crippen LogP contribution in [0.3, 0.4) is 0 Å². The molecule has 6 heteroatoms. The van der Waals surface area contributed by atoms with Gasteiger partial charge in [0.2, 0.25) is 0 Å². The Kier molecular flexibility index (Phi) is 7.65. The minimum absolute atomic E-state index is 0.157. The molecule has 2 amide bonds. The number of likely N-dealkylation sites (tertiary alicyclic amines) is 1. The molecule has 0 radical (unpaired) electrons. The highest BCUT2D eigenvalue weighted by Crippen LogP contribution is 2.29. The Balaban J connectivity index is 1.24. The molecule has 1 N–H and O–H groups in total. The number of piperidine rings is 1. The van der Waals surface area contributed by atoms with Crippen molar-refractivity contribution < 1.29 is 9.53 Å². The van der Waals surface area contributed by atoms with Crippen molar-refractivity contribution in [3.63, 3.8) is 0 Å². The zero-order valence-electron chi connectivity index (χ0n) is 19.1. The van der Waals surface area contributed by atoms with E-state index in [9.17, 15) is 4.79 Å². The SMILES string of the molecule is CC(C)Oc1ccc(Cl)c(CC2CCN(CC3CN(C4CCCCC4)C(=O)N3)CC2)c1. The standard InChI is InChI=1S/C25H38ClN3O2/c1-18(2)31-23-8-9-24(26)20(15-23)14-19-10-12-28(13-11-19)16-21-17-29(25(30)27-21)22-6-4-3-5-7-22/h8-9,15,18-19,21-22H,3-7,10-14,16-17H2,1-2H3,(H,27,30). The minimum Gasteiger partial charge on any atom is -0.491 e. The van der Waals surface area contributed by atoms with E-state index in [0.717, 1.165) is 43.4 Å². The van der Waals surface area contributed by atoms with E-state index in [1.165, 1.54) is 50.5 Å². The van der Waals surface area contributed by atoms with Crippen molar-refractivity contribution in [3.05, 3.63) is 28.8 Å². The maximum absolute atomic E-state index is 12.5. The third-order valence-electron chi connectivity index (χ3n) is 7.10. The van der Waals surface area contributed by atoms with Crippen LogP contribution in [0.15, 0.2) is 18.2 Å². The van der Waals surface area contributed by atoms with Gasteiger partial charge in [-0.05, 0) is 88.7 Å². The summed E-state index contributed by atoms with van der Waals surface area (Å²) in [6, 6.07) is 6.92. The topological polar surface area (TPSA) is 44.8 Å². The first kappa shape index (κ1) is 22.7. The van der Waals surface area contributed by atoms with Crippen molar-refractivity contribution in [3.8, 4) is 5.75 Å². The molecule has 4 rings (SSSR count). The molecule has 0 bridgehead atoms. The van der Waals surface area contributed by atoms with E-state index in [1.807, 2.05) is 26.0 Å². The van der Waals surface area contributed by atoms with Crippen LogP contribution in [0.2, 0.25) is 5.02 Å². The van der Waals surface area contributed by atoms with Crippen molar-refractivity contribution in [2.45, 2.75) is 83.4 Å². The van der Waals surface area contributed by atoms with Gasteiger partial charge < -0.3 is 19.9 Å². The number of nitrogens with zero attached hydrogens (tertiary/aromatic N) is 2. The molecule has 1 unspecified atom stereocenters. The van der Waals surface area contributed by atoms with E-state index in [2.05, 4.69) is 21.2 Å². The van der Waals surface area contributed by atoms with Crippen LogP contribution >= 0.6 is 11.6 Å². The molecule has 2 saturated heterocycles. The molecule has 31 heavy (non-hydrogen) atoms. The molecule has 0 aromatic heterocycles. The van der Waals surface area contributed by atoms with Crippen molar-refractivity contribution in [1.82, 2.24) is 15.1 Å². The van der Waals surface area contributed by atoms with Crippen LogP contribution in [-0.4, -0.2) is 60.2 Å². The molecular weight excluding hydrogens is 410 g/mol. The van der Waals surface area contributed by atoms with Crippen LogP contribution in [0.4, 0.5) is 4.79 Å². The number of hydrogen-bond donors (Lipinski definition) is 1. The zero-order valence-corrected chi connectivity index (χ0v) is 19.9. The summed E-state index contributed by atoms with van der Waals surface area (Å²) in [5.41, 5.74) is 1.20. The quantitative estimate of drug-likeness (QED) is 0.631. The van der Waals surface area contributed by atoms with Crippen LogP contribution < -0.4 is 10.1 Å². The molecule has 2 heterocycles. The normalized spacial score (nSPS) is 24.1. The smallest absolute Gasteiger partial charge is 0.318 e. The Labute approximate surface area is 192 Å². The van der Waals surface area contributed by atoms with Crippen LogP contribution in [0.25, 0.3) is 0 Å². The number of ether oxygens (including phenoxy) is 1. The number of halogens is 1. The number of nitrogens with one attached hydrogen (secondary N) is 1. The summed E-state index contributed by atoms with van der Waals surface area (Å²) in [6.45, 7) is 8.14. The van der Waals surface area contributed by atoms with Crippen LogP contribution in [0.5, 0.6) is 5.75 Å². The summed E-state index contributed by atoms with van der Waals surface area (Å²) >= 11 is 6.47. The molecule has 0 spiro atoms. The fraction of sp³-hybridized carbons (Fsp3) is 0.720. The van der Waals surface area contributed by atoms with E-state index in [0.29, 0.717) is 12.0 Å². The predicted octanol–water partition coefficient (Wildman–Crippen LogP) is 5.11. The number of urea groups is 1. The zero-order chi connectivity index (χ0) is 21.8. The van der Waals surface area contributed by atoms with E-state index >= 15 is 0 Å². The molecule has 3 fully saturated rings. The van der Waals surface area contributed by atoms with E-state index in [4.69, 9.17) is 16.3 Å². The summed E-state index contributed by atoms with van der Waals surface area (Å²) in [6.07, 6.45) is 9.75. The monoisotopic (exact) mass is 447 g/mol. The minimum atomic E-state index is 0.157. The van der Waals surface area contributed by atoms with E-state index in [-0.39, 0.29) is 18.2 Å². The molecule has 2 aliphatic heterocycles. The number of carbonyl (C=O) groups is 1. The second-order valence-corrected chi connectivity index (χ2v) is 10.4. The molecule has 172 valence electrons. The van der Waals surface area contributed by atoms with Gasteiger partial charge in [0.25, 0.3) is 0 Å². The maximum atomic E-state index is 12.5. The van der Waals surface area contributed by atoms with Crippen molar-refractivity contribution in [2.75, 3.05) is 26.2 Å². The summed E-state index contributed by atoms with van der Waals surface area (Å²) in [5, 5.41) is 4.09. The summed E-state index contributed by atoms with van der Waals surface area (Å²) in [7, 11) is 0. The Hall–Kier alpha value is -1.46. The number of amides is 2. The van der Waals surface area contributed by atoms with Crippen LogP contribution in [0, 0.1) is 5.92 Å². The van der Waals surface area contributed by atoms with Crippen molar-refractivity contribution >= 4 is 17.6 Å². The highest BCUT2D eigenvalue weighted by Gasteiger charge is 2.35. The van der Waals surface area contributed by atoms with Gasteiger partial charge in [-0.2, -0.15) is 0 Å². The highest BCUT2D eigenvalue weighted by molar-refractivity contribution is 6.31. The molecule has 1 aliphatic carbocycles. The number of hydrogen-bond acceptors (Lipinski definition) is 3. The fourth-order valence-corrected chi connectivity index (χ4v) is 5.68. The summed E-state index contributed by atoms with van der Waals surface area (Å²) in [5.74, 6) is 1.56. The molecule has 5 nitrogen and oxygen atoms in total. The number of benzene rings is 1. The van der Waals surface area contributed by atoms with Gasteiger partial charge in [0.15, 0.2) is 0 Å². The lowest BCUT2D eigenvalue weighted by Crippen LogP contribution is -2.43. The largest absolute Gasteiger partial charge is 0.491 e. The van der Waals surface area contributed by atoms with Gasteiger partial charge in [-0.3, -0.25) is 0 Å². The Morgan fingerprint density at radius 1 is 1.13 bits per heavy atom. The third-order valence-corrected chi connectivity index (χ3v) is 7.47. The third kappa shape index (κ3) is 6.07. The second-order valence-electron chi connectivity index (χ2n) is 9.96. The second kappa shape index (κ2) is 10.4. The van der Waals surface area contributed by atoms with Gasteiger partial charge >= 0.3 is 6.03 Å². The molecule has 3 aliphatic rings. The van der Waals surface area contributed by atoms with Crippen LogP contribution in [0.1, 0.15) is 64.4 Å². The van der Waals surface area contributed by atoms with Gasteiger partial charge in [0.05, 0.1) is 12.1 Å². The molecule has 1 aromatic rings. The van der Waals surface area contributed by atoms with Gasteiger partial charge in [-0.1, -0.05) is 30.9 Å². The Morgan fingerprint density at radius 2 is 1.87 bits per heavy atom. The maximum Gasteiger partial charge on any atom is 0.318 e.